The van der Waals surface area contributed by atoms with Crippen molar-refractivity contribution in [1.29, 1.82) is 0 Å². The van der Waals surface area contributed by atoms with E-state index < -0.39 is 0 Å². The van der Waals surface area contributed by atoms with Crippen LogP contribution in [0.4, 0.5) is 21.9 Å². The second-order valence-electron chi connectivity index (χ2n) is 7.76. The summed E-state index contributed by atoms with van der Waals surface area (Å²) in [5, 5.41) is 5.94. The van der Waals surface area contributed by atoms with Gasteiger partial charge in [0.15, 0.2) is 0 Å². The van der Waals surface area contributed by atoms with Crippen molar-refractivity contribution in [2.45, 2.75) is 13.8 Å². The van der Waals surface area contributed by atoms with Crippen molar-refractivity contribution in [1.82, 2.24) is 9.13 Å². The zero-order chi connectivity index (χ0) is 21.4. The summed E-state index contributed by atoms with van der Waals surface area (Å²) in [6.45, 7) is 6.64. The Morgan fingerprint density at radius 2 is 1.57 bits per heavy atom. The number of aromatic nitrogens is 2. The number of amides is 2. The summed E-state index contributed by atoms with van der Waals surface area (Å²) < 4.78 is 8.69. The fourth-order valence-electron chi connectivity index (χ4n) is 3.85. The maximum atomic E-state index is 12.8. The van der Waals surface area contributed by atoms with E-state index in [2.05, 4.69) is 15.5 Å². The quantitative estimate of drug-likeness (QED) is 0.697. The number of carbonyl (C=O) groups is 1. The number of nitrogens with zero attached hydrogens (tertiary/aromatic N) is 3. The van der Waals surface area contributed by atoms with Gasteiger partial charge in [0, 0.05) is 32.9 Å². The van der Waals surface area contributed by atoms with Crippen molar-refractivity contribution >= 4 is 34.1 Å². The maximum Gasteiger partial charge on any atom is 0.328 e. The number of hydrogen-bond donors (Lipinski definition) is 2. The van der Waals surface area contributed by atoms with Crippen LogP contribution in [-0.4, -0.2) is 41.5 Å². The summed E-state index contributed by atoms with van der Waals surface area (Å²) in [5.41, 5.74) is 5.86. The molecule has 0 aliphatic carbocycles. The second kappa shape index (κ2) is 7.87. The Morgan fingerprint density at radius 3 is 2.27 bits per heavy atom. The molecule has 0 bridgehead atoms. The zero-order valence-electron chi connectivity index (χ0n) is 17.8. The molecule has 1 aliphatic heterocycles. The molecule has 0 radical (unpaired) electrons. The topological polar surface area (TPSA) is 80.5 Å². The van der Waals surface area contributed by atoms with Crippen molar-refractivity contribution in [3.05, 3.63) is 51.9 Å². The molecule has 8 heteroatoms. The molecule has 30 heavy (non-hydrogen) atoms. The number of urea groups is 1. The lowest BCUT2D eigenvalue weighted by atomic mass is 10.1. The Balaban J connectivity index is 1.72. The molecule has 2 N–H and O–H groups in total. The third kappa shape index (κ3) is 3.66. The van der Waals surface area contributed by atoms with Crippen LogP contribution in [0.25, 0.3) is 11.0 Å². The van der Waals surface area contributed by atoms with E-state index in [1.807, 2.05) is 44.2 Å². The highest BCUT2D eigenvalue weighted by molar-refractivity contribution is 6.04. The van der Waals surface area contributed by atoms with Gasteiger partial charge in [-0.1, -0.05) is 12.1 Å². The summed E-state index contributed by atoms with van der Waals surface area (Å²) in [4.78, 5) is 27.4. The van der Waals surface area contributed by atoms with Crippen LogP contribution in [0.1, 0.15) is 11.1 Å². The molecule has 4 rings (SSSR count). The van der Waals surface area contributed by atoms with Crippen LogP contribution >= 0.6 is 0 Å². The molecule has 0 unspecified atom stereocenters. The van der Waals surface area contributed by atoms with E-state index in [-0.39, 0.29) is 11.7 Å². The summed E-state index contributed by atoms with van der Waals surface area (Å²) in [5.74, 6) is 0. The van der Waals surface area contributed by atoms with Crippen molar-refractivity contribution in [2.75, 3.05) is 41.8 Å². The van der Waals surface area contributed by atoms with Gasteiger partial charge < -0.3 is 20.3 Å². The number of anilines is 3. The summed E-state index contributed by atoms with van der Waals surface area (Å²) in [6.07, 6.45) is 0. The predicted molar refractivity (Wildman–Crippen MR) is 120 cm³/mol. The Labute approximate surface area is 175 Å². The molecular formula is C22H27N5O3. The SMILES string of the molecule is Cc1ccc(C)c(NC(=O)Nc2cc3c(cc2N2CCOCC2)n(C)c(=O)n3C)c1. The van der Waals surface area contributed by atoms with Gasteiger partial charge in [0.25, 0.3) is 0 Å². The number of carbonyl (C=O) groups excluding carboxylic acids is 1. The number of ether oxygens (including phenoxy) is 1. The molecule has 8 nitrogen and oxygen atoms in total. The summed E-state index contributed by atoms with van der Waals surface area (Å²) >= 11 is 0. The molecule has 0 saturated carbocycles. The van der Waals surface area contributed by atoms with E-state index in [1.165, 1.54) is 0 Å². The minimum atomic E-state index is -0.321. The van der Waals surface area contributed by atoms with Crippen LogP contribution in [0, 0.1) is 13.8 Å². The summed E-state index contributed by atoms with van der Waals surface area (Å²) in [6, 6.07) is 9.45. The molecule has 0 spiro atoms. The van der Waals surface area contributed by atoms with Gasteiger partial charge in [-0.05, 0) is 43.2 Å². The Morgan fingerprint density at radius 1 is 0.933 bits per heavy atom. The fourth-order valence-corrected chi connectivity index (χ4v) is 3.85. The normalized spacial score (nSPS) is 14.2. The molecule has 0 atom stereocenters. The fraction of sp³-hybridized carbons (Fsp3) is 0.364. The van der Waals surface area contributed by atoms with Gasteiger partial charge >= 0.3 is 11.7 Å². The molecule has 2 aromatic carbocycles. The highest BCUT2D eigenvalue weighted by Gasteiger charge is 2.20. The van der Waals surface area contributed by atoms with E-state index in [4.69, 9.17) is 4.74 Å². The number of morpholine rings is 1. The Hall–Kier alpha value is -3.26. The number of benzene rings is 2. The van der Waals surface area contributed by atoms with Gasteiger partial charge in [-0.3, -0.25) is 9.13 Å². The summed E-state index contributed by atoms with van der Waals surface area (Å²) in [7, 11) is 3.49. The monoisotopic (exact) mass is 409 g/mol. The van der Waals surface area contributed by atoms with E-state index in [0.717, 1.165) is 46.6 Å². The van der Waals surface area contributed by atoms with E-state index >= 15 is 0 Å². The first-order chi connectivity index (χ1) is 14.3. The van der Waals surface area contributed by atoms with Gasteiger partial charge in [-0.25, -0.2) is 9.59 Å². The minimum absolute atomic E-state index is 0.102. The lowest BCUT2D eigenvalue weighted by Crippen LogP contribution is -2.37. The zero-order valence-corrected chi connectivity index (χ0v) is 17.8. The van der Waals surface area contributed by atoms with E-state index in [0.29, 0.717) is 18.9 Å². The van der Waals surface area contributed by atoms with Crippen molar-refractivity contribution in [3.63, 3.8) is 0 Å². The number of aryl methyl sites for hydroxylation is 4. The molecule has 1 aliphatic rings. The first kappa shape index (κ1) is 20.0. The molecule has 2 heterocycles. The number of hydrogen-bond acceptors (Lipinski definition) is 4. The molecule has 1 aromatic heterocycles. The van der Waals surface area contributed by atoms with Crippen LogP contribution in [0.2, 0.25) is 0 Å². The number of fused-ring (bicyclic) bond motifs is 1. The number of rotatable bonds is 3. The van der Waals surface area contributed by atoms with Gasteiger partial charge in [-0.2, -0.15) is 0 Å². The Bertz CT molecular complexity index is 1170. The highest BCUT2D eigenvalue weighted by Crippen LogP contribution is 2.32. The predicted octanol–water partition coefficient (Wildman–Crippen LogP) is 2.97. The van der Waals surface area contributed by atoms with E-state index in [9.17, 15) is 9.59 Å². The standard InChI is InChI=1S/C22H27N5O3/c1-14-5-6-15(2)16(11-14)23-21(28)24-17-12-19-20(26(4)22(29)25(19)3)13-18(17)27-7-9-30-10-8-27/h5-6,11-13H,7-10H2,1-4H3,(H2,23,24,28). The number of nitrogens with one attached hydrogen (secondary N) is 2. The smallest absolute Gasteiger partial charge is 0.328 e. The third-order valence-corrected chi connectivity index (χ3v) is 5.63. The largest absolute Gasteiger partial charge is 0.378 e. The highest BCUT2D eigenvalue weighted by atomic mass is 16.5. The average Bonchev–Trinajstić information content (AvgIpc) is 2.94. The Kier molecular flexibility index (Phi) is 5.26. The lowest BCUT2D eigenvalue weighted by Gasteiger charge is -2.30. The van der Waals surface area contributed by atoms with Crippen molar-refractivity contribution in [3.8, 4) is 0 Å². The molecule has 158 valence electrons. The van der Waals surface area contributed by atoms with Gasteiger partial charge in [0.05, 0.1) is 35.6 Å². The maximum absolute atomic E-state index is 12.8. The van der Waals surface area contributed by atoms with Crippen LogP contribution in [0.3, 0.4) is 0 Å². The van der Waals surface area contributed by atoms with Crippen molar-refractivity contribution < 1.29 is 9.53 Å². The van der Waals surface area contributed by atoms with Crippen LogP contribution < -0.4 is 21.2 Å². The van der Waals surface area contributed by atoms with Gasteiger partial charge in [0.2, 0.25) is 0 Å². The minimum Gasteiger partial charge on any atom is -0.378 e. The third-order valence-electron chi connectivity index (χ3n) is 5.63. The number of imidazole rings is 1. The van der Waals surface area contributed by atoms with Crippen LogP contribution in [-0.2, 0) is 18.8 Å². The molecular weight excluding hydrogens is 382 g/mol. The average molecular weight is 409 g/mol. The molecule has 2 amide bonds. The van der Waals surface area contributed by atoms with Crippen molar-refractivity contribution in [2.24, 2.45) is 14.1 Å². The lowest BCUT2D eigenvalue weighted by molar-refractivity contribution is 0.123. The van der Waals surface area contributed by atoms with E-state index in [1.54, 1.807) is 23.2 Å². The molecule has 3 aromatic rings. The first-order valence-corrected chi connectivity index (χ1v) is 10.0. The van der Waals surface area contributed by atoms with Gasteiger partial charge in [0.1, 0.15) is 0 Å². The molecule has 1 saturated heterocycles. The van der Waals surface area contributed by atoms with Gasteiger partial charge in [-0.15, -0.1) is 0 Å². The van der Waals surface area contributed by atoms with Crippen LogP contribution in [0.5, 0.6) is 0 Å². The second-order valence-corrected chi connectivity index (χ2v) is 7.76. The first-order valence-electron chi connectivity index (χ1n) is 10.0. The van der Waals surface area contributed by atoms with Crippen LogP contribution in [0.15, 0.2) is 35.1 Å². The molecule has 1 fully saturated rings.